The lowest BCUT2D eigenvalue weighted by atomic mass is 10.3. The fourth-order valence-electron chi connectivity index (χ4n) is 1.46. The van der Waals surface area contributed by atoms with E-state index in [4.69, 9.17) is 23.2 Å². The first-order chi connectivity index (χ1) is 9.70. The van der Waals surface area contributed by atoms with Gasteiger partial charge in [-0.1, -0.05) is 23.2 Å². The Morgan fingerprint density at radius 2 is 1.71 bits per heavy atom. The van der Waals surface area contributed by atoms with E-state index in [9.17, 15) is 23.0 Å². The van der Waals surface area contributed by atoms with E-state index in [0.717, 1.165) is 24.3 Å². The van der Waals surface area contributed by atoms with Crippen molar-refractivity contribution < 1.29 is 27.2 Å². The maximum atomic E-state index is 13.1. The second kappa shape index (κ2) is 5.59. The molecule has 0 aliphatic heterocycles. The minimum atomic E-state index is -4.57. The summed E-state index contributed by atoms with van der Waals surface area (Å²) in [6.45, 7) is 0. The highest BCUT2D eigenvalue weighted by atomic mass is 35.5. The molecule has 0 radical (unpaired) electrons. The van der Waals surface area contributed by atoms with E-state index in [1.165, 1.54) is 0 Å². The number of phenolic OH excluding ortho intramolecular Hbond substituents is 2. The zero-order valence-electron chi connectivity index (χ0n) is 10.0. The molecule has 2 N–H and O–H groups in total. The number of aromatic hydroxyl groups is 2. The largest absolute Gasteiger partial charge is 0.506 e. The molecule has 0 heterocycles. The summed E-state index contributed by atoms with van der Waals surface area (Å²) in [6, 6.07) is 4.47. The van der Waals surface area contributed by atoms with Gasteiger partial charge in [-0.05, 0) is 18.2 Å². The zero-order chi connectivity index (χ0) is 15.8. The average Bonchev–Trinajstić information content (AvgIpc) is 2.37. The van der Waals surface area contributed by atoms with Crippen LogP contribution in [0, 0.1) is 5.82 Å². The Bertz CT molecular complexity index is 808. The lowest BCUT2D eigenvalue weighted by Crippen LogP contribution is -2.10. The van der Waals surface area contributed by atoms with E-state index in [-0.39, 0.29) is 10.0 Å². The van der Waals surface area contributed by atoms with Gasteiger partial charge < -0.3 is 14.4 Å². The van der Waals surface area contributed by atoms with Crippen molar-refractivity contribution in [2.45, 2.75) is 4.90 Å². The van der Waals surface area contributed by atoms with Gasteiger partial charge in [-0.3, -0.25) is 0 Å². The Kier molecular flexibility index (Phi) is 4.18. The Balaban J connectivity index is 2.50. The molecule has 2 aromatic rings. The van der Waals surface area contributed by atoms with Gasteiger partial charge in [0.15, 0.2) is 10.6 Å². The van der Waals surface area contributed by atoms with Crippen molar-refractivity contribution >= 4 is 33.3 Å². The molecule has 0 saturated heterocycles. The highest BCUT2D eigenvalue weighted by molar-refractivity contribution is 7.87. The monoisotopic (exact) mass is 352 g/mol. The van der Waals surface area contributed by atoms with Crippen LogP contribution in [0.15, 0.2) is 35.2 Å². The molecule has 0 amide bonds. The molecule has 0 unspecified atom stereocenters. The Labute approximate surface area is 129 Å². The van der Waals surface area contributed by atoms with E-state index in [2.05, 4.69) is 4.18 Å². The van der Waals surface area contributed by atoms with Crippen LogP contribution >= 0.6 is 23.2 Å². The van der Waals surface area contributed by atoms with Gasteiger partial charge in [0.25, 0.3) is 0 Å². The van der Waals surface area contributed by atoms with Crippen LogP contribution in [0.1, 0.15) is 0 Å². The number of phenols is 2. The number of benzene rings is 2. The first kappa shape index (κ1) is 15.7. The molecule has 112 valence electrons. The highest BCUT2D eigenvalue weighted by Crippen LogP contribution is 2.38. The fourth-order valence-corrected chi connectivity index (χ4v) is 2.90. The Morgan fingerprint density at radius 1 is 1.05 bits per heavy atom. The van der Waals surface area contributed by atoms with Crippen LogP contribution in [0.4, 0.5) is 4.39 Å². The molecule has 5 nitrogen and oxygen atoms in total. The van der Waals surface area contributed by atoms with Gasteiger partial charge in [0.05, 0.1) is 0 Å². The average molecular weight is 353 g/mol. The topological polar surface area (TPSA) is 83.8 Å². The normalized spacial score (nSPS) is 11.4. The molecule has 0 aliphatic rings. The van der Waals surface area contributed by atoms with Crippen molar-refractivity contribution in [3.05, 3.63) is 46.2 Å². The van der Waals surface area contributed by atoms with E-state index < -0.39 is 38.1 Å². The molecule has 2 aromatic carbocycles. The summed E-state index contributed by atoms with van der Waals surface area (Å²) in [7, 11) is -4.57. The minimum Gasteiger partial charge on any atom is -0.506 e. The van der Waals surface area contributed by atoms with Crippen molar-refractivity contribution in [1.82, 2.24) is 0 Å². The van der Waals surface area contributed by atoms with Gasteiger partial charge in [-0.15, -0.1) is 0 Å². The zero-order valence-corrected chi connectivity index (χ0v) is 12.4. The summed E-state index contributed by atoms with van der Waals surface area (Å²) in [5.74, 6) is -2.52. The van der Waals surface area contributed by atoms with E-state index >= 15 is 0 Å². The van der Waals surface area contributed by atoms with Crippen molar-refractivity contribution in [2.24, 2.45) is 0 Å². The van der Waals surface area contributed by atoms with Gasteiger partial charge in [0.1, 0.15) is 22.3 Å². The van der Waals surface area contributed by atoms with Crippen LogP contribution in [-0.4, -0.2) is 18.6 Å². The van der Waals surface area contributed by atoms with E-state index in [1.807, 2.05) is 0 Å². The lowest BCUT2D eigenvalue weighted by molar-refractivity contribution is 0.440. The maximum Gasteiger partial charge on any atom is 0.343 e. The van der Waals surface area contributed by atoms with Gasteiger partial charge in [0.2, 0.25) is 0 Å². The first-order valence-corrected chi connectivity index (χ1v) is 7.48. The van der Waals surface area contributed by atoms with Crippen LogP contribution in [0.25, 0.3) is 0 Å². The number of hydrogen-bond donors (Lipinski definition) is 2. The van der Waals surface area contributed by atoms with E-state index in [0.29, 0.717) is 6.07 Å². The molecule has 0 bridgehead atoms. The van der Waals surface area contributed by atoms with Gasteiger partial charge in [0, 0.05) is 17.2 Å². The summed E-state index contributed by atoms with van der Waals surface area (Å²) in [5, 5.41) is 18.5. The third-order valence-electron chi connectivity index (χ3n) is 2.38. The van der Waals surface area contributed by atoms with Crippen LogP contribution in [0.3, 0.4) is 0 Å². The Morgan fingerprint density at radius 3 is 2.38 bits per heavy atom. The number of halogens is 3. The first-order valence-electron chi connectivity index (χ1n) is 5.32. The summed E-state index contributed by atoms with van der Waals surface area (Å²) < 4.78 is 41.8. The molecular weight excluding hydrogens is 346 g/mol. The summed E-state index contributed by atoms with van der Waals surface area (Å²) in [6.07, 6.45) is 0. The molecule has 0 atom stereocenters. The van der Waals surface area contributed by atoms with Crippen LogP contribution < -0.4 is 4.18 Å². The van der Waals surface area contributed by atoms with Crippen molar-refractivity contribution in [2.75, 3.05) is 0 Å². The highest BCUT2D eigenvalue weighted by Gasteiger charge is 2.24. The lowest BCUT2D eigenvalue weighted by Gasteiger charge is -2.11. The molecule has 0 saturated carbocycles. The number of rotatable bonds is 3. The fraction of sp³-hybridized carbons (Fsp3) is 0. The predicted octanol–water partition coefficient (Wildman–Crippen LogP) is 3.31. The van der Waals surface area contributed by atoms with Crippen molar-refractivity contribution in [3.63, 3.8) is 0 Å². The third kappa shape index (κ3) is 3.31. The van der Waals surface area contributed by atoms with E-state index in [1.54, 1.807) is 0 Å². The molecule has 2 rings (SSSR count). The van der Waals surface area contributed by atoms with Gasteiger partial charge >= 0.3 is 10.1 Å². The smallest absolute Gasteiger partial charge is 0.343 e. The predicted molar refractivity (Wildman–Crippen MR) is 74.0 cm³/mol. The molecule has 21 heavy (non-hydrogen) atoms. The summed E-state index contributed by atoms with van der Waals surface area (Å²) in [5.41, 5.74) is 0. The molecule has 0 spiro atoms. The standard InChI is InChI=1S/C12H7Cl2FO5S/c13-6-3-9(17)12(14)10(4-6)20-21(18,19)11-5-7(15)1-2-8(11)16/h1-5,16-17H. The SMILES string of the molecule is O=S(=O)(Oc1cc(Cl)cc(O)c1Cl)c1cc(F)ccc1O. The summed E-state index contributed by atoms with van der Waals surface area (Å²) >= 11 is 11.3. The quantitative estimate of drug-likeness (QED) is 0.827. The number of hydrogen-bond acceptors (Lipinski definition) is 5. The van der Waals surface area contributed by atoms with Crippen LogP contribution in [-0.2, 0) is 10.1 Å². The van der Waals surface area contributed by atoms with Gasteiger partial charge in [-0.2, -0.15) is 8.42 Å². The second-order valence-corrected chi connectivity index (χ2v) is 6.22. The Hall–Kier alpha value is -1.70. The minimum absolute atomic E-state index is 0.0226. The second-order valence-electron chi connectivity index (χ2n) is 3.89. The molecule has 9 heteroatoms. The van der Waals surface area contributed by atoms with Crippen molar-refractivity contribution in [1.29, 1.82) is 0 Å². The maximum absolute atomic E-state index is 13.1. The summed E-state index contributed by atoms with van der Waals surface area (Å²) in [4.78, 5) is -0.780. The van der Waals surface area contributed by atoms with Crippen LogP contribution in [0.5, 0.6) is 17.2 Å². The molecule has 0 aromatic heterocycles. The molecule has 0 fully saturated rings. The molecular formula is C12H7Cl2FO5S. The third-order valence-corrected chi connectivity index (χ3v) is 4.24. The van der Waals surface area contributed by atoms with Crippen LogP contribution in [0.2, 0.25) is 10.0 Å². The van der Waals surface area contributed by atoms with Gasteiger partial charge in [-0.25, -0.2) is 4.39 Å². The van der Waals surface area contributed by atoms with Crippen molar-refractivity contribution in [3.8, 4) is 17.2 Å². The molecule has 0 aliphatic carbocycles.